The number of ketones is 1. The van der Waals surface area contributed by atoms with Crippen LogP contribution in [0.5, 0.6) is 0 Å². The molecule has 0 radical (unpaired) electrons. The SMILES string of the molecule is Cc1ccccc1C(=O)CCN(C)CC(C)C. The topological polar surface area (TPSA) is 20.3 Å². The van der Waals surface area contributed by atoms with Gasteiger partial charge < -0.3 is 4.90 Å². The molecule has 2 heteroatoms. The number of aryl methyl sites for hydroxylation is 1. The van der Waals surface area contributed by atoms with Crippen molar-refractivity contribution in [3.8, 4) is 0 Å². The Morgan fingerprint density at radius 2 is 1.94 bits per heavy atom. The molecule has 0 aromatic heterocycles. The van der Waals surface area contributed by atoms with Gasteiger partial charge >= 0.3 is 0 Å². The monoisotopic (exact) mass is 233 g/mol. The van der Waals surface area contributed by atoms with Crippen LogP contribution in [0.4, 0.5) is 0 Å². The van der Waals surface area contributed by atoms with Crippen LogP contribution in [0.3, 0.4) is 0 Å². The molecule has 0 aliphatic carbocycles. The fraction of sp³-hybridized carbons (Fsp3) is 0.533. The predicted octanol–water partition coefficient (Wildman–Crippen LogP) is 3.16. The lowest BCUT2D eigenvalue weighted by Gasteiger charge is -2.18. The highest BCUT2D eigenvalue weighted by Gasteiger charge is 2.10. The molecule has 2 nitrogen and oxygen atoms in total. The summed E-state index contributed by atoms with van der Waals surface area (Å²) < 4.78 is 0. The van der Waals surface area contributed by atoms with Crippen LogP contribution in [-0.4, -0.2) is 30.8 Å². The van der Waals surface area contributed by atoms with E-state index in [1.54, 1.807) is 0 Å². The molecule has 0 heterocycles. The molecule has 0 atom stereocenters. The van der Waals surface area contributed by atoms with Gasteiger partial charge in [-0.25, -0.2) is 0 Å². The molecular weight excluding hydrogens is 210 g/mol. The van der Waals surface area contributed by atoms with Gasteiger partial charge in [0.25, 0.3) is 0 Å². The maximum atomic E-state index is 12.0. The van der Waals surface area contributed by atoms with E-state index in [-0.39, 0.29) is 5.78 Å². The molecule has 0 aliphatic rings. The highest BCUT2D eigenvalue weighted by Crippen LogP contribution is 2.10. The minimum atomic E-state index is 0.249. The normalized spacial score (nSPS) is 11.2. The van der Waals surface area contributed by atoms with E-state index in [9.17, 15) is 4.79 Å². The molecule has 0 aliphatic heterocycles. The highest BCUT2D eigenvalue weighted by molar-refractivity contribution is 5.97. The van der Waals surface area contributed by atoms with Gasteiger partial charge in [-0.05, 0) is 25.5 Å². The van der Waals surface area contributed by atoms with Crippen LogP contribution in [0.1, 0.15) is 36.2 Å². The molecule has 0 saturated heterocycles. The lowest BCUT2D eigenvalue weighted by atomic mass is 10.0. The van der Waals surface area contributed by atoms with E-state index in [1.165, 1.54) is 0 Å². The second kappa shape index (κ2) is 6.55. The van der Waals surface area contributed by atoms with Gasteiger partial charge in [-0.2, -0.15) is 0 Å². The van der Waals surface area contributed by atoms with Crippen molar-refractivity contribution in [3.05, 3.63) is 35.4 Å². The third kappa shape index (κ3) is 4.70. The second-order valence-electron chi connectivity index (χ2n) is 5.14. The molecule has 94 valence electrons. The van der Waals surface area contributed by atoms with Crippen molar-refractivity contribution in [2.75, 3.05) is 20.1 Å². The van der Waals surface area contributed by atoms with E-state index in [2.05, 4.69) is 25.8 Å². The van der Waals surface area contributed by atoms with Gasteiger partial charge in [0.05, 0.1) is 0 Å². The van der Waals surface area contributed by atoms with Crippen molar-refractivity contribution in [1.82, 2.24) is 4.90 Å². The second-order valence-corrected chi connectivity index (χ2v) is 5.14. The van der Waals surface area contributed by atoms with Gasteiger partial charge in [0.1, 0.15) is 0 Å². The number of benzene rings is 1. The summed E-state index contributed by atoms with van der Waals surface area (Å²) in [5, 5.41) is 0. The summed E-state index contributed by atoms with van der Waals surface area (Å²) in [6.45, 7) is 8.26. The molecule has 1 rings (SSSR count). The Hall–Kier alpha value is -1.15. The zero-order valence-corrected chi connectivity index (χ0v) is 11.4. The van der Waals surface area contributed by atoms with Crippen LogP contribution in [0.25, 0.3) is 0 Å². The highest BCUT2D eigenvalue weighted by atomic mass is 16.1. The molecule has 17 heavy (non-hydrogen) atoms. The average molecular weight is 233 g/mol. The van der Waals surface area contributed by atoms with Gasteiger partial charge in [-0.15, -0.1) is 0 Å². The summed E-state index contributed by atoms with van der Waals surface area (Å²) >= 11 is 0. The standard InChI is InChI=1S/C15H23NO/c1-12(2)11-16(4)10-9-15(17)14-8-6-5-7-13(14)3/h5-8,12H,9-11H2,1-4H3. The molecule has 0 N–H and O–H groups in total. The summed E-state index contributed by atoms with van der Waals surface area (Å²) in [6.07, 6.45) is 0.605. The third-order valence-electron chi connectivity index (χ3n) is 2.84. The van der Waals surface area contributed by atoms with Gasteiger partial charge in [-0.3, -0.25) is 4.79 Å². The Morgan fingerprint density at radius 1 is 1.29 bits per heavy atom. The van der Waals surface area contributed by atoms with Crippen molar-refractivity contribution in [2.24, 2.45) is 5.92 Å². The number of carbonyl (C=O) groups is 1. The summed E-state index contributed by atoms with van der Waals surface area (Å²) in [7, 11) is 2.07. The molecule has 0 amide bonds. The number of carbonyl (C=O) groups excluding carboxylic acids is 1. The molecular formula is C15H23NO. The fourth-order valence-electron chi connectivity index (χ4n) is 2.03. The number of hydrogen-bond acceptors (Lipinski definition) is 2. The van der Waals surface area contributed by atoms with E-state index >= 15 is 0 Å². The Balaban J connectivity index is 2.48. The quantitative estimate of drug-likeness (QED) is 0.703. The first-order valence-electron chi connectivity index (χ1n) is 6.28. The van der Waals surface area contributed by atoms with Crippen molar-refractivity contribution in [3.63, 3.8) is 0 Å². The van der Waals surface area contributed by atoms with Gasteiger partial charge in [-0.1, -0.05) is 38.1 Å². The molecule has 0 fully saturated rings. The van der Waals surface area contributed by atoms with Crippen molar-refractivity contribution in [1.29, 1.82) is 0 Å². The number of hydrogen-bond donors (Lipinski definition) is 0. The van der Waals surface area contributed by atoms with E-state index in [4.69, 9.17) is 0 Å². The Labute approximate surface area is 105 Å². The van der Waals surface area contributed by atoms with E-state index in [0.29, 0.717) is 12.3 Å². The van der Waals surface area contributed by atoms with Crippen LogP contribution in [0.2, 0.25) is 0 Å². The molecule has 0 saturated carbocycles. The third-order valence-corrected chi connectivity index (χ3v) is 2.84. The zero-order chi connectivity index (χ0) is 12.8. The van der Waals surface area contributed by atoms with Crippen molar-refractivity contribution < 1.29 is 4.79 Å². The minimum Gasteiger partial charge on any atom is -0.306 e. The smallest absolute Gasteiger partial charge is 0.164 e. The number of nitrogens with zero attached hydrogens (tertiary/aromatic N) is 1. The Kier molecular flexibility index (Phi) is 5.36. The molecule has 0 bridgehead atoms. The Bertz CT molecular complexity index is 371. The van der Waals surface area contributed by atoms with E-state index < -0.39 is 0 Å². The van der Waals surface area contributed by atoms with Gasteiger partial charge in [0.2, 0.25) is 0 Å². The first-order chi connectivity index (χ1) is 8.00. The Morgan fingerprint density at radius 3 is 2.53 bits per heavy atom. The van der Waals surface area contributed by atoms with Crippen LogP contribution in [-0.2, 0) is 0 Å². The first-order valence-corrected chi connectivity index (χ1v) is 6.28. The lowest BCUT2D eigenvalue weighted by Crippen LogP contribution is -2.26. The molecule has 0 unspecified atom stereocenters. The number of Topliss-reactive ketones (excluding diaryl/α,β-unsaturated/α-hetero) is 1. The maximum Gasteiger partial charge on any atom is 0.164 e. The zero-order valence-electron chi connectivity index (χ0n) is 11.4. The van der Waals surface area contributed by atoms with Crippen LogP contribution in [0, 0.1) is 12.8 Å². The van der Waals surface area contributed by atoms with Crippen molar-refractivity contribution >= 4 is 5.78 Å². The first kappa shape index (κ1) is 13.9. The van der Waals surface area contributed by atoms with Gasteiger partial charge in [0.15, 0.2) is 5.78 Å². The summed E-state index contributed by atoms with van der Waals surface area (Å²) in [5.74, 6) is 0.896. The van der Waals surface area contributed by atoms with Crippen LogP contribution >= 0.6 is 0 Å². The molecule has 1 aromatic rings. The van der Waals surface area contributed by atoms with Gasteiger partial charge in [0, 0.05) is 25.1 Å². The summed E-state index contributed by atoms with van der Waals surface area (Å²) in [6, 6.07) is 7.81. The molecule has 0 spiro atoms. The van der Waals surface area contributed by atoms with E-state index in [1.807, 2.05) is 31.2 Å². The van der Waals surface area contributed by atoms with Crippen LogP contribution in [0.15, 0.2) is 24.3 Å². The average Bonchev–Trinajstić information content (AvgIpc) is 2.25. The van der Waals surface area contributed by atoms with Crippen molar-refractivity contribution in [2.45, 2.75) is 27.2 Å². The predicted molar refractivity (Wildman–Crippen MR) is 72.5 cm³/mol. The molecule has 1 aromatic carbocycles. The summed E-state index contributed by atoms with van der Waals surface area (Å²) in [4.78, 5) is 14.3. The fourth-order valence-corrected chi connectivity index (χ4v) is 2.03. The largest absolute Gasteiger partial charge is 0.306 e. The number of rotatable bonds is 6. The summed E-state index contributed by atoms with van der Waals surface area (Å²) in [5.41, 5.74) is 1.94. The maximum absolute atomic E-state index is 12.0. The van der Waals surface area contributed by atoms with E-state index in [0.717, 1.165) is 24.2 Å². The van der Waals surface area contributed by atoms with Crippen LogP contribution < -0.4 is 0 Å². The minimum absolute atomic E-state index is 0.249. The lowest BCUT2D eigenvalue weighted by molar-refractivity contribution is 0.0966.